The summed E-state index contributed by atoms with van der Waals surface area (Å²) in [4.78, 5) is 10.7. The van der Waals surface area contributed by atoms with Gasteiger partial charge >= 0.3 is 5.97 Å². The fourth-order valence-electron chi connectivity index (χ4n) is 1.32. The lowest BCUT2D eigenvalue weighted by atomic mass is 10.1. The van der Waals surface area contributed by atoms with E-state index in [0.29, 0.717) is 0 Å². The Hall–Kier alpha value is -1.57. The number of carbonyl (C=O) groups is 1. The molecule has 0 N–H and O–H groups in total. The van der Waals surface area contributed by atoms with Gasteiger partial charge in [-0.1, -0.05) is 36.4 Å². The zero-order valence-corrected chi connectivity index (χ0v) is 8.98. The molecule has 0 spiro atoms. The van der Waals surface area contributed by atoms with E-state index in [9.17, 15) is 4.79 Å². The number of carbonyl (C=O) groups excluding carboxylic acids is 1. The smallest absolute Gasteiger partial charge is 0.330 e. The summed E-state index contributed by atoms with van der Waals surface area (Å²) in [6.45, 7) is 0. The lowest BCUT2D eigenvalue weighted by Gasteiger charge is -1.97. The Bertz CT molecular complexity index is 315. The average Bonchev–Trinajstić information content (AvgIpc) is 2.29. The Morgan fingerprint density at radius 2 is 2.07 bits per heavy atom. The second-order valence-corrected chi connectivity index (χ2v) is 3.30. The Morgan fingerprint density at radius 3 is 2.73 bits per heavy atom. The van der Waals surface area contributed by atoms with Gasteiger partial charge in [-0.05, 0) is 24.8 Å². The van der Waals surface area contributed by atoms with Crippen LogP contribution in [-0.2, 0) is 16.0 Å². The molecule has 0 aliphatic carbocycles. The van der Waals surface area contributed by atoms with E-state index in [1.165, 1.54) is 18.7 Å². The van der Waals surface area contributed by atoms with Crippen LogP contribution < -0.4 is 0 Å². The summed E-state index contributed by atoms with van der Waals surface area (Å²) in [6, 6.07) is 10.3. The molecule has 0 heterocycles. The minimum absolute atomic E-state index is 0.283. The second kappa shape index (κ2) is 6.82. The molecule has 0 aliphatic heterocycles. The lowest BCUT2D eigenvalue weighted by Crippen LogP contribution is -1.93. The van der Waals surface area contributed by atoms with Gasteiger partial charge in [0.15, 0.2) is 0 Å². The summed E-state index contributed by atoms with van der Waals surface area (Å²) in [5.74, 6) is -0.283. The molecule has 1 rings (SSSR count). The number of methoxy groups -OCH3 is 1. The van der Waals surface area contributed by atoms with Crippen molar-refractivity contribution in [1.29, 1.82) is 0 Å². The fraction of sp³-hybridized carbons (Fsp3) is 0.308. The van der Waals surface area contributed by atoms with Crippen molar-refractivity contribution in [2.24, 2.45) is 0 Å². The van der Waals surface area contributed by atoms with Crippen LogP contribution in [0.3, 0.4) is 0 Å². The van der Waals surface area contributed by atoms with E-state index in [4.69, 9.17) is 0 Å². The summed E-state index contributed by atoms with van der Waals surface area (Å²) in [7, 11) is 1.39. The number of allylic oxidation sites excluding steroid dienone is 1. The Morgan fingerprint density at radius 1 is 1.33 bits per heavy atom. The number of hydrogen-bond donors (Lipinski definition) is 0. The van der Waals surface area contributed by atoms with Crippen molar-refractivity contribution in [2.45, 2.75) is 19.3 Å². The first-order valence-corrected chi connectivity index (χ1v) is 5.11. The number of benzene rings is 1. The van der Waals surface area contributed by atoms with Crippen molar-refractivity contribution >= 4 is 5.97 Å². The highest BCUT2D eigenvalue weighted by atomic mass is 16.5. The number of rotatable bonds is 5. The van der Waals surface area contributed by atoms with Crippen LogP contribution in [0.25, 0.3) is 0 Å². The summed E-state index contributed by atoms with van der Waals surface area (Å²) in [6.07, 6.45) is 6.34. The molecule has 0 amide bonds. The van der Waals surface area contributed by atoms with Gasteiger partial charge in [0.25, 0.3) is 0 Å². The van der Waals surface area contributed by atoms with Gasteiger partial charge < -0.3 is 4.74 Å². The van der Waals surface area contributed by atoms with Gasteiger partial charge in [0.1, 0.15) is 0 Å². The van der Waals surface area contributed by atoms with E-state index < -0.39 is 0 Å². The zero-order chi connectivity index (χ0) is 10.9. The van der Waals surface area contributed by atoms with Crippen LogP contribution in [0.1, 0.15) is 18.4 Å². The Labute approximate surface area is 90.6 Å². The molecule has 15 heavy (non-hydrogen) atoms. The number of ether oxygens (including phenoxy) is 1. The average molecular weight is 204 g/mol. The summed E-state index contributed by atoms with van der Waals surface area (Å²) >= 11 is 0. The molecular formula is C13H16O2. The van der Waals surface area contributed by atoms with E-state index in [-0.39, 0.29) is 5.97 Å². The molecule has 0 aliphatic rings. The maximum absolute atomic E-state index is 10.7. The standard InChI is InChI=1S/C13H16O2/c1-15-13(14)11-7-3-6-10-12-8-4-2-5-9-12/h2,4-5,7-9,11H,3,6,10H2,1H3/b11-7+. The highest BCUT2D eigenvalue weighted by Crippen LogP contribution is 2.04. The van der Waals surface area contributed by atoms with Gasteiger partial charge in [-0.3, -0.25) is 0 Å². The molecule has 1 aromatic rings. The monoisotopic (exact) mass is 204 g/mol. The van der Waals surface area contributed by atoms with Crippen molar-refractivity contribution < 1.29 is 9.53 Å². The maximum atomic E-state index is 10.7. The third-order valence-corrected chi connectivity index (χ3v) is 2.13. The van der Waals surface area contributed by atoms with Gasteiger partial charge in [-0.2, -0.15) is 0 Å². The molecule has 0 radical (unpaired) electrons. The lowest BCUT2D eigenvalue weighted by molar-refractivity contribution is -0.134. The van der Waals surface area contributed by atoms with Crippen LogP contribution in [0, 0.1) is 0 Å². The largest absolute Gasteiger partial charge is 0.466 e. The van der Waals surface area contributed by atoms with E-state index in [2.05, 4.69) is 16.9 Å². The van der Waals surface area contributed by atoms with Crippen molar-refractivity contribution in [3.05, 3.63) is 48.0 Å². The fourth-order valence-corrected chi connectivity index (χ4v) is 1.32. The molecule has 1 aromatic carbocycles. The summed E-state index contributed by atoms with van der Waals surface area (Å²) in [5, 5.41) is 0. The number of hydrogen-bond acceptors (Lipinski definition) is 2. The van der Waals surface area contributed by atoms with Gasteiger partial charge in [0.2, 0.25) is 0 Å². The molecule has 0 saturated carbocycles. The molecule has 0 saturated heterocycles. The third kappa shape index (κ3) is 5.01. The Kier molecular flexibility index (Phi) is 5.23. The van der Waals surface area contributed by atoms with Crippen molar-refractivity contribution in [3.8, 4) is 0 Å². The maximum Gasteiger partial charge on any atom is 0.330 e. The predicted octanol–water partition coefficient (Wildman–Crippen LogP) is 2.74. The number of aryl methyl sites for hydroxylation is 1. The first-order valence-electron chi connectivity index (χ1n) is 5.11. The highest BCUT2D eigenvalue weighted by Gasteiger charge is 1.91. The van der Waals surface area contributed by atoms with Crippen molar-refractivity contribution in [2.75, 3.05) is 7.11 Å². The molecule has 2 heteroatoms. The molecule has 0 unspecified atom stereocenters. The van der Waals surface area contributed by atoms with E-state index in [1.807, 2.05) is 24.3 Å². The first kappa shape index (κ1) is 11.5. The number of unbranched alkanes of at least 4 members (excludes halogenated alkanes) is 1. The Balaban J connectivity index is 2.17. The zero-order valence-electron chi connectivity index (χ0n) is 8.98. The van der Waals surface area contributed by atoms with E-state index in [1.54, 1.807) is 0 Å². The SMILES string of the molecule is COC(=O)/C=C/CCCc1ccccc1. The van der Waals surface area contributed by atoms with Gasteiger partial charge in [-0.25, -0.2) is 4.79 Å². The molecule has 2 nitrogen and oxygen atoms in total. The molecule has 0 atom stereocenters. The normalized spacial score (nSPS) is 10.5. The van der Waals surface area contributed by atoms with Crippen LogP contribution in [0.5, 0.6) is 0 Å². The molecular weight excluding hydrogens is 188 g/mol. The minimum atomic E-state index is -0.283. The molecule has 0 aromatic heterocycles. The van der Waals surface area contributed by atoms with Crippen LogP contribution in [0.2, 0.25) is 0 Å². The minimum Gasteiger partial charge on any atom is -0.466 e. The molecule has 0 fully saturated rings. The van der Waals surface area contributed by atoms with E-state index in [0.717, 1.165) is 19.3 Å². The van der Waals surface area contributed by atoms with E-state index >= 15 is 0 Å². The molecule has 80 valence electrons. The predicted molar refractivity (Wildman–Crippen MR) is 60.5 cm³/mol. The van der Waals surface area contributed by atoms with Crippen LogP contribution in [-0.4, -0.2) is 13.1 Å². The van der Waals surface area contributed by atoms with Crippen molar-refractivity contribution in [1.82, 2.24) is 0 Å². The van der Waals surface area contributed by atoms with Crippen LogP contribution in [0.15, 0.2) is 42.5 Å². The summed E-state index contributed by atoms with van der Waals surface area (Å²) in [5.41, 5.74) is 1.34. The summed E-state index contributed by atoms with van der Waals surface area (Å²) < 4.78 is 4.49. The van der Waals surface area contributed by atoms with Crippen LogP contribution in [0.4, 0.5) is 0 Å². The molecule has 0 bridgehead atoms. The topological polar surface area (TPSA) is 26.3 Å². The van der Waals surface area contributed by atoms with Gasteiger partial charge in [-0.15, -0.1) is 0 Å². The third-order valence-electron chi connectivity index (χ3n) is 2.13. The quantitative estimate of drug-likeness (QED) is 0.419. The number of esters is 1. The van der Waals surface area contributed by atoms with Crippen molar-refractivity contribution in [3.63, 3.8) is 0 Å². The van der Waals surface area contributed by atoms with Gasteiger partial charge in [0, 0.05) is 6.08 Å². The van der Waals surface area contributed by atoms with Crippen LogP contribution >= 0.6 is 0 Å². The first-order chi connectivity index (χ1) is 7.33. The highest BCUT2D eigenvalue weighted by molar-refractivity contribution is 5.81. The second-order valence-electron chi connectivity index (χ2n) is 3.30. The van der Waals surface area contributed by atoms with Gasteiger partial charge in [0.05, 0.1) is 7.11 Å².